The molecule has 0 unspecified atom stereocenters. The Morgan fingerprint density at radius 2 is 1.50 bits per heavy atom. The molecule has 0 saturated heterocycles. The van der Waals surface area contributed by atoms with Crippen molar-refractivity contribution in [3.63, 3.8) is 0 Å². The summed E-state index contributed by atoms with van der Waals surface area (Å²) in [5.74, 6) is -2.62. The van der Waals surface area contributed by atoms with Crippen molar-refractivity contribution >= 4 is 29.3 Å². The first-order valence-corrected chi connectivity index (χ1v) is 11.1. The number of carbonyl (C=O) groups is 4. The van der Waals surface area contributed by atoms with Crippen LogP contribution in [0.15, 0.2) is 54.6 Å². The SMILES string of the molecule is CC(C)[C@H]1NC(=O)[C@H](C)NC(=O)c2ccccc2NC(=O)[C@H]([C@@H](O)c2ccccc2)N(C)C1=O. The van der Waals surface area contributed by atoms with Gasteiger partial charge in [0, 0.05) is 7.05 Å². The number of fused-ring (bicyclic) bond motifs is 1. The van der Waals surface area contributed by atoms with Crippen LogP contribution < -0.4 is 16.0 Å². The van der Waals surface area contributed by atoms with Crippen LogP contribution in [-0.4, -0.2) is 58.8 Å². The number of amides is 4. The summed E-state index contributed by atoms with van der Waals surface area (Å²) in [6.45, 7) is 5.04. The minimum atomic E-state index is -1.36. The Morgan fingerprint density at radius 1 is 0.882 bits per heavy atom. The van der Waals surface area contributed by atoms with Gasteiger partial charge in [-0.2, -0.15) is 0 Å². The van der Waals surface area contributed by atoms with Gasteiger partial charge in [0.05, 0.1) is 11.3 Å². The zero-order valence-corrected chi connectivity index (χ0v) is 19.6. The van der Waals surface area contributed by atoms with Crippen molar-refractivity contribution in [1.82, 2.24) is 15.5 Å². The molecule has 4 amide bonds. The van der Waals surface area contributed by atoms with E-state index in [-0.39, 0.29) is 17.2 Å². The van der Waals surface area contributed by atoms with Crippen molar-refractivity contribution in [1.29, 1.82) is 0 Å². The molecule has 2 aromatic carbocycles. The number of hydrogen-bond donors (Lipinski definition) is 4. The molecule has 2 aromatic rings. The summed E-state index contributed by atoms with van der Waals surface area (Å²) < 4.78 is 0. The largest absolute Gasteiger partial charge is 0.386 e. The molecule has 1 aliphatic rings. The molecule has 0 aliphatic carbocycles. The predicted molar refractivity (Wildman–Crippen MR) is 127 cm³/mol. The summed E-state index contributed by atoms with van der Waals surface area (Å²) >= 11 is 0. The summed E-state index contributed by atoms with van der Waals surface area (Å²) in [6, 6.07) is 11.6. The van der Waals surface area contributed by atoms with E-state index in [2.05, 4.69) is 16.0 Å². The summed E-state index contributed by atoms with van der Waals surface area (Å²) in [4.78, 5) is 53.8. The second-order valence-corrected chi connectivity index (χ2v) is 8.71. The molecule has 4 N–H and O–H groups in total. The number of aliphatic hydroxyl groups is 1. The lowest BCUT2D eigenvalue weighted by Gasteiger charge is -2.34. The van der Waals surface area contributed by atoms with Crippen LogP contribution in [0.25, 0.3) is 0 Å². The number of hydrogen-bond acceptors (Lipinski definition) is 5. The average molecular weight is 467 g/mol. The fourth-order valence-electron chi connectivity index (χ4n) is 3.85. The number of benzene rings is 2. The van der Waals surface area contributed by atoms with Gasteiger partial charge in [-0.05, 0) is 30.5 Å². The molecule has 34 heavy (non-hydrogen) atoms. The van der Waals surface area contributed by atoms with Gasteiger partial charge in [0.2, 0.25) is 17.7 Å². The Balaban J connectivity index is 2.12. The smallest absolute Gasteiger partial charge is 0.254 e. The third kappa shape index (κ3) is 5.26. The molecule has 9 heteroatoms. The Kier molecular flexibility index (Phi) is 7.68. The third-order valence-corrected chi connectivity index (χ3v) is 5.87. The van der Waals surface area contributed by atoms with Crippen LogP contribution in [0, 0.1) is 5.92 Å². The van der Waals surface area contributed by atoms with Crippen molar-refractivity contribution in [3.8, 4) is 0 Å². The maximum absolute atomic E-state index is 13.5. The van der Waals surface area contributed by atoms with Crippen LogP contribution in [0.1, 0.15) is 42.8 Å². The van der Waals surface area contributed by atoms with Crippen molar-refractivity contribution in [3.05, 3.63) is 65.7 Å². The lowest BCUT2D eigenvalue weighted by molar-refractivity contribution is -0.145. The quantitative estimate of drug-likeness (QED) is 0.545. The molecule has 3 rings (SSSR count). The van der Waals surface area contributed by atoms with E-state index in [4.69, 9.17) is 0 Å². The predicted octanol–water partition coefficient (Wildman–Crippen LogP) is 1.46. The first kappa shape index (κ1) is 24.9. The molecular formula is C25H30N4O5. The Bertz CT molecular complexity index is 1070. The molecule has 0 aromatic heterocycles. The molecule has 0 radical (unpaired) electrons. The van der Waals surface area contributed by atoms with Gasteiger partial charge in [-0.1, -0.05) is 56.3 Å². The lowest BCUT2D eigenvalue weighted by Crippen LogP contribution is -2.58. The maximum Gasteiger partial charge on any atom is 0.254 e. The number of aliphatic hydroxyl groups excluding tert-OH is 1. The highest BCUT2D eigenvalue weighted by atomic mass is 16.3. The monoisotopic (exact) mass is 466 g/mol. The molecule has 0 spiro atoms. The van der Waals surface area contributed by atoms with Crippen LogP contribution in [0.2, 0.25) is 0 Å². The molecule has 4 atom stereocenters. The highest BCUT2D eigenvalue weighted by Crippen LogP contribution is 2.25. The molecule has 180 valence electrons. The first-order valence-electron chi connectivity index (χ1n) is 11.1. The molecule has 1 aliphatic heterocycles. The van der Waals surface area contributed by atoms with E-state index in [9.17, 15) is 24.3 Å². The van der Waals surface area contributed by atoms with E-state index in [1.54, 1.807) is 62.4 Å². The fraction of sp³-hybridized carbons (Fsp3) is 0.360. The van der Waals surface area contributed by atoms with Gasteiger partial charge in [-0.25, -0.2) is 0 Å². The van der Waals surface area contributed by atoms with Gasteiger partial charge in [0.1, 0.15) is 24.2 Å². The summed E-state index contributed by atoms with van der Waals surface area (Å²) in [6.07, 6.45) is -1.36. The van der Waals surface area contributed by atoms with Crippen LogP contribution in [0.5, 0.6) is 0 Å². The molecular weight excluding hydrogens is 436 g/mol. The third-order valence-electron chi connectivity index (χ3n) is 5.87. The van der Waals surface area contributed by atoms with E-state index in [1.807, 2.05) is 0 Å². The van der Waals surface area contributed by atoms with E-state index in [0.29, 0.717) is 5.56 Å². The number of carbonyl (C=O) groups excluding carboxylic acids is 4. The van der Waals surface area contributed by atoms with E-state index < -0.39 is 47.9 Å². The summed E-state index contributed by atoms with van der Waals surface area (Å²) in [5.41, 5.74) is 0.789. The Labute approximate surface area is 198 Å². The number of anilines is 1. The van der Waals surface area contributed by atoms with Gasteiger partial charge in [-0.15, -0.1) is 0 Å². The average Bonchev–Trinajstić information content (AvgIpc) is 2.82. The van der Waals surface area contributed by atoms with Gasteiger partial charge in [0.25, 0.3) is 5.91 Å². The van der Waals surface area contributed by atoms with E-state index >= 15 is 0 Å². The van der Waals surface area contributed by atoms with Gasteiger partial charge in [0.15, 0.2) is 0 Å². The van der Waals surface area contributed by atoms with Crippen molar-refractivity contribution in [2.24, 2.45) is 5.92 Å². The number of para-hydroxylation sites is 1. The highest BCUT2D eigenvalue weighted by Gasteiger charge is 2.39. The van der Waals surface area contributed by atoms with Gasteiger partial charge in [-0.3, -0.25) is 19.2 Å². The van der Waals surface area contributed by atoms with E-state index in [0.717, 1.165) is 4.90 Å². The van der Waals surface area contributed by atoms with Crippen molar-refractivity contribution < 1.29 is 24.3 Å². The summed E-state index contributed by atoms with van der Waals surface area (Å²) in [5, 5.41) is 19.1. The molecule has 9 nitrogen and oxygen atoms in total. The minimum absolute atomic E-state index is 0.150. The Hall–Kier alpha value is -3.72. The minimum Gasteiger partial charge on any atom is -0.386 e. The second-order valence-electron chi connectivity index (χ2n) is 8.71. The Morgan fingerprint density at radius 3 is 2.15 bits per heavy atom. The van der Waals surface area contributed by atoms with Gasteiger partial charge < -0.3 is 26.0 Å². The van der Waals surface area contributed by atoms with Crippen molar-refractivity contribution in [2.45, 2.75) is 45.0 Å². The van der Waals surface area contributed by atoms with Crippen LogP contribution in [-0.2, 0) is 14.4 Å². The van der Waals surface area contributed by atoms with Gasteiger partial charge >= 0.3 is 0 Å². The second kappa shape index (κ2) is 10.5. The first-order chi connectivity index (χ1) is 16.1. The maximum atomic E-state index is 13.5. The molecule has 0 saturated carbocycles. The normalized spacial score (nSPS) is 23.0. The molecule has 0 bridgehead atoms. The van der Waals surface area contributed by atoms with Crippen molar-refractivity contribution in [2.75, 3.05) is 12.4 Å². The van der Waals surface area contributed by atoms with Crippen LogP contribution in [0.3, 0.4) is 0 Å². The highest BCUT2D eigenvalue weighted by molar-refractivity contribution is 6.07. The number of rotatable bonds is 3. The standard InChI is InChI=1S/C25H30N4O5/c1-14(2)19-25(34)29(4)20(21(30)16-10-6-5-7-11-16)24(33)27-18-13-9-8-12-17(18)23(32)26-15(3)22(31)28-19/h5-15,19-21,30H,1-4H3,(H,26,32)(H,27,33)(H,28,31)/t15-,19+,20-,21-/m0/s1. The lowest BCUT2D eigenvalue weighted by atomic mass is 9.97. The van der Waals surface area contributed by atoms with E-state index in [1.165, 1.54) is 20.0 Å². The number of nitrogens with zero attached hydrogens (tertiary/aromatic N) is 1. The fourth-order valence-corrected chi connectivity index (χ4v) is 3.85. The summed E-state index contributed by atoms with van der Waals surface area (Å²) in [7, 11) is 1.42. The number of likely N-dealkylation sites (N-methyl/N-ethyl adjacent to an activating group) is 1. The zero-order chi connectivity index (χ0) is 25.0. The zero-order valence-electron chi connectivity index (χ0n) is 19.6. The van der Waals surface area contributed by atoms with Crippen LogP contribution in [0.4, 0.5) is 5.69 Å². The van der Waals surface area contributed by atoms with Crippen LogP contribution >= 0.6 is 0 Å². The number of nitrogens with one attached hydrogen (secondary N) is 3. The molecule has 1 heterocycles. The molecule has 0 fully saturated rings. The topological polar surface area (TPSA) is 128 Å².